The van der Waals surface area contributed by atoms with Crippen LogP contribution in [0, 0.1) is 6.92 Å². The first kappa shape index (κ1) is 16.0. The third kappa shape index (κ3) is 2.82. The number of aromatic amines is 1. The SMILES string of the molecule is CCC(C)n1nc(NC(=O)c2c[nH]c3ccccc3c2=O)cc1C. The lowest BCUT2D eigenvalue weighted by atomic mass is 10.1. The van der Waals surface area contributed by atoms with Gasteiger partial charge in [0, 0.05) is 34.9 Å². The number of para-hydroxylation sites is 1. The van der Waals surface area contributed by atoms with Gasteiger partial charge in [-0.2, -0.15) is 5.10 Å². The van der Waals surface area contributed by atoms with E-state index in [1.165, 1.54) is 6.20 Å². The van der Waals surface area contributed by atoms with Gasteiger partial charge in [-0.1, -0.05) is 19.1 Å². The molecule has 0 radical (unpaired) electrons. The summed E-state index contributed by atoms with van der Waals surface area (Å²) in [7, 11) is 0. The van der Waals surface area contributed by atoms with E-state index in [0.717, 1.165) is 12.1 Å². The number of amides is 1. The molecule has 3 rings (SSSR count). The van der Waals surface area contributed by atoms with Crippen molar-refractivity contribution in [2.24, 2.45) is 0 Å². The Morgan fingerprint density at radius 1 is 1.38 bits per heavy atom. The zero-order valence-electron chi connectivity index (χ0n) is 14.0. The second-order valence-corrected chi connectivity index (χ2v) is 5.90. The third-order valence-electron chi connectivity index (χ3n) is 4.21. The lowest BCUT2D eigenvalue weighted by Gasteiger charge is -2.10. The molecule has 1 aromatic carbocycles. The predicted octanol–water partition coefficient (Wildman–Crippen LogP) is 3.26. The fourth-order valence-corrected chi connectivity index (χ4v) is 2.69. The number of carbonyl (C=O) groups excluding carboxylic acids is 1. The number of carbonyl (C=O) groups is 1. The number of aromatic nitrogens is 3. The molecule has 0 aliphatic carbocycles. The predicted molar refractivity (Wildman–Crippen MR) is 94.5 cm³/mol. The molecule has 2 N–H and O–H groups in total. The van der Waals surface area contributed by atoms with Crippen molar-refractivity contribution in [3.05, 3.63) is 58.0 Å². The first-order valence-corrected chi connectivity index (χ1v) is 7.99. The highest BCUT2D eigenvalue weighted by molar-refractivity contribution is 6.05. The van der Waals surface area contributed by atoms with Crippen LogP contribution in [0.1, 0.15) is 42.4 Å². The highest BCUT2D eigenvalue weighted by Crippen LogP contribution is 2.17. The summed E-state index contributed by atoms with van der Waals surface area (Å²) in [6.07, 6.45) is 2.39. The van der Waals surface area contributed by atoms with Gasteiger partial charge in [-0.05, 0) is 32.4 Å². The van der Waals surface area contributed by atoms with Crippen LogP contribution in [0.5, 0.6) is 0 Å². The van der Waals surface area contributed by atoms with Crippen LogP contribution in [0.3, 0.4) is 0 Å². The second kappa shape index (κ2) is 6.31. The normalized spacial score (nSPS) is 12.3. The number of hydrogen-bond acceptors (Lipinski definition) is 3. The molecule has 0 fully saturated rings. The van der Waals surface area contributed by atoms with E-state index < -0.39 is 5.91 Å². The molecular weight excluding hydrogens is 304 g/mol. The molecule has 1 atom stereocenters. The molecule has 0 aliphatic rings. The first-order chi connectivity index (χ1) is 11.5. The zero-order valence-corrected chi connectivity index (χ0v) is 14.0. The Labute approximate surface area is 139 Å². The molecule has 24 heavy (non-hydrogen) atoms. The van der Waals surface area contributed by atoms with Crippen molar-refractivity contribution in [3.8, 4) is 0 Å². The van der Waals surface area contributed by atoms with Crippen molar-refractivity contribution in [2.45, 2.75) is 33.2 Å². The van der Waals surface area contributed by atoms with E-state index in [-0.39, 0.29) is 17.0 Å². The minimum atomic E-state index is -0.462. The molecule has 6 nitrogen and oxygen atoms in total. The number of benzene rings is 1. The molecule has 3 aromatic rings. The molecular formula is C18H20N4O2. The number of rotatable bonds is 4. The van der Waals surface area contributed by atoms with Crippen molar-refractivity contribution < 1.29 is 4.79 Å². The maximum absolute atomic E-state index is 12.5. The fourth-order valence-electron chi connectivity index (χ4n) is 2.69. The Balaban J connectivity index is 1.91. The van der Waals surface area contributed by atoms with Gasteiger partial charge in [0.25, 0.3) is 5.91 Å². The van der Waals surface area contributed by atoms with Crippen molar-refractivity contribution >= 4 is 22.6 Å². The molecule has 0 saturated heterocycles. The van der Waals surface area contributed by atoms with E-state index in [9.17, 15) is 9.59 Å². The van der Waals surface area contributed by atoms with Crippen LogP contribution in [0.15, 0.2) is 41.3 Å². The summed E-state index contributed by atoms with van der Waals surface area (Å²) in [5, 5.41) is 7.62. The Morgan fingerprint density at radius 2 is 2.12 bits per heavy atom. The zero-order chi connectivity index (χ0) is 17.3. The number of hydrogen-bond donors (Lipinski definition) is 2. The monoisotopic (exact) mass is 324 g/mol. The molecule has 2 aromatic heterocycles. The largest absolute Gasteiger partial charge is 0.360 e. The second-order valence-electron chi connectivity index (χ2n) is 5.90. The molecule has 6 heteroatoms. The van der Waals surface area contributed by atoms with Crippen LogP contribution < -0.4 is 10.7 Å². The molecule has 1 unspecified atom stereocenters. The molecule has 0 aliphatic heterocycles. The van der Waals surface area contributed by atoms with Crippen LogP contribution in [-0.4, -0.2) is 20.7 Å². The Kier molecular flexibility index (Phi) is 4.20. The van der Waals surface area contributed by atoms with E-state index in [0.29, 0.717) is 16.7 Å². The van der Waals surface area contributed by atoms with Gasteiger partial charge in [0.05, 0.1) is 0 Å². The van der Waals surface area contributed by atoms with E-state index >= 15 is 0 Å². The van der Waals surface area contributed by atoms with Gasteiger partial charge >= 0.3 is 0 Å². The van der Waals surface area contributed by atoms with Gasteiger partial charge in [0.2, 0.25) is 5.43 Å². The third-order valence-corrected chi connectivity index (χ3v) is 4.21. The lowest BCUT2D eigenvalue weighted by Crippen LogP contribution is -2.22. The summed E-state index contributed by atoms with van der Waals surface area (Å²) in [5.74, 6) is -0.0128. The Morgan fingerprint density at radius 3 is 2.88 bits per heavy atom. The van der Waals surface area contributed by atoms with Crippen molar-refractivity contribution in [1.82, 2.24) is 14.8 Å². The van der Waals surface area contributed by atoms with Crippen molar-refractivity contribution in [1.29, 1.82) is 0 Å². The van der Waals surface area contributed by atoms with Gasteiger partial charge in [-0.3, -0.25) is 14.3 Å². The Hall–Kier alpha value is -2.89. The molecule has 0 saturated carbocycles. The first-order valence-electron chi connectivity index (χ1n) is 7.99. The maximum Gasteiger partial charge on any atom is 0.262 e. The number of pyridine rings is 1. The van der Waals surface area contributed by atoms with Gasteiger partial charge < -0.3 is 10.3 Å². The van der Waals surface area contributed by atoms with E-state index in [1.807, 2.05) is 17.7 Å². The molecule has 124 valence electrons. The lowest BCUT2D eigenvalue weighted by molar-refractivity contribution is 0.102. The van der Waals surface area contributed by atoms with Gasteiger partial charge in [-0.25, -0.2) is 0 Å². The number of nitrogens with zero attached hydrogens (tertiary/aromatic N) is 2. The molecule has 0 spiro atoms. The summed E-state index contributed by atoms with van der Waals surface area (Å²) >= 11 is 0. The van der Waals surface area contributed by atoms with Crippen LogP contribution in [0.2, 0.25) is 0 Å². The van der Waals surface area contributed by atoms with Crippen molar-refractivity contribution in [3.63, 3.8) is 0 Å². The minimum absolute atomic E-state index is 0.0736. The summed E-state index contributed by atoms with van der Waals surface area (Å²) in [6, 6.07) is 9.17. The highest BCUT2D eigenvalue weighted by Gasteiger charge is 2.16. The summed E-state index contributed by atoms with van der Waals surface area (Å²) in [4.78, 5) is 27.9. The van der Waals surface area contributed by atoms with Crippen LogP contribution >= 0.6 is 0 Å². The van der Waals surface area contributed by atoms with E-state index in [4.69, 9.17) is 0 Å². The molecule has 0 bridgehead atoms. The van der Waals surface area contributed by atoms with Gasteiger partial charge in [0.15, 0.2) is 5.82 Å². The highest BCUT2D eigenvalue weighted by atomic mass is 16.2. The number of H-pyrrole nitrogens is 1. The topological polar surface area (TPSA) is 79.8 Å². The summed E-state index contributed by atoms with van der Waals surface area (Å²) in [6.45, 7) is 6.09. The molecule has 2 heterocycles. The minimum Gasteiger partial charge on any atom is -0.360 e. The van der Waals surface area contributed by atoms with Gasteiger partial charge in [-0.15, -0.1) is 0 Å². The smallest absolute Gasteiger partial charge is 0.262 e. The van der Waals surface area contributed by atoms with Crippen molar-refractivity contribution in [2.75, 3.05) is 5.32 Å². The maximum atomic E-state index is 12.5. The fraction of sp³-hybridized carbons (Fsp3) is 0.278. The number of anilines is 1. The van der Waals surface area contributed by atoms with Crippen LogP contribution in [-0.2, 0) is 0 Å². The number of nitrogens with one attached hydrogen (secondary N) is 2. The van der Waals surface area contributed by atoms with Gasteiger partial charge in [0.1, 0.15) is 5.56 Å². The quantitative estimate of drug-likeness (QED) is 0.773. The Bertz CT molecular complexity index is 955. The number of aryl methyl sites for hydroxylation is 1. The number of fused-ring (bicyclic) bond motifs is 1. The van der Waals surface area contributed by atoms with E-state index in [1.54, 1.807) is 24.3 Å². The van der Waals surface area contributed by atoms with E-state index in [2.05, 4.69) is 29.2 Å². The van der Waals surface area contributed by atoms with Crippen LogP contribution in [0.4, 0.5) is 5.82 Å². The standard InChI is InChI=1S/C18H20N4O2/c1-4-11(2)22-12(3)9-16(21-22)20-18(24)14-10-19-15-8-6-5-7-13(15)17(14)23/h5-11H,4H2,1-3H3,(H,19,23)(H,20,21,24). The summed E-state index contributed by atoms with van der Waals surface area (Å²) < 4.78 is 1.88. The van der Waals surface area contributed by atoms with Crippen LogP contribution in [0.25, 0.3) is 10.9 Å². The average molecular weight is 324 g/mol. The summed E-state index contributed by atoms with van der Waals surface area (Å²) in [5.41, 5.74) is 1.45. The average Bonchev–Trinajstić information content (AvgIpc) is 2.95. The molecule has 1 amide bonds.